The number of ether oxygens (including phenoxy) is 1. The van der Waals surface area contributed by atoms with Gasteiger partial charge in [0.25, 0.3) is 0 Å². The number of H-pyrrole nitrogens is 1. The Balaban J connectivity index is 2.01. The average Bonchev–Trinajstić information content (AvgIpc) is 2.97. The van der Waals surface area contributed by atoms with Gasteiger partial charge in [-0.15, -0.1) is 0 Å². The van der Waals surface area contributed by atoms with Crippen molar-refractivity contribution in [1.29, 1.82) is 0 Å². The monoisotopic (exact) mass is 331 g/mol. The van der Waals surface area contributed by atoms with Crippen molar-refractivity contribution in [2.24, 2.45) is 0 Å². The molecule has 0 atom stereocenters. The molecule has 2 aromatic heterocycles. The van der Waals surface area contributed by atoms with E-state index in [1.54, 1.807) is 19.1 Å². The first-order valence-electron chi connectivity index (χ1n) is 7.00. The summed E-state index contributed by atoms with van der Waals surface area (Å²) < 4.78 is 5.06. The summed E-state index contributed by atoms with van der Waals surface area (Å²) in [6, 6.07) is 5.33. The van der Waals surface area contributed by atoms with Crippen LogP contribution in [0.2, 0.25) is 5.28 Å². The number of imidazole rings is 1. The molecule has 3 aromatic rings. The Morgan fingerprint density at radius 3 is 3.00 bits per heavy atom. The van der Waals surface area contributed by atoms with Crippen molar-refractivity contribution in [3.8, 4) is 0 Å². The van der Waals surface area contributed by atoms with Crippen molar-refractivity contribution < 1.29 is 9.53 Å². The summed E-state index contributed by atoms with van der Waals surface area (Å²) in [5.74, 6) is 0.102. The van der Waals surface area contributed by atoms with Gasteiger partial charge < -0.3 is 15.0 Å². The summed E-state index contributed by atoms with van der Waals surface area (Å²) in [6.45, 7) is 3.93. The molecule has 1 aromatic carbocycles. The molecule has 0 saturated heterocycles. The Labute approximate surface area is 137 Å². The molecule has 2 N–H and O–H groups in total. The molecular weight excluding hydrogens is 318 g/mol. The van der Waals surface area contributed by atoms with E-state index in [-0.39, 0.29) is 11.3 Å². The molecule has 0 aliphatic carbocycles. The number of halogens is 1. The number of aromatic nitrogens is 4. The van der Waals surface area contributed by atoms with E-state index in [2.05, 4.69) is 25.3 Å². The number of carbonyl (C=O) groups is 1. The van der Waals surface area contributed by atoms with Gasteiger partial charge in [0.05, 0.1) is 18.5 Å². The summed E-state index contributed by atoms with van der Waals surface area (Å²) in [4.78, 5) is 27.3. The number of rotatable bonds is 4. The van der Waals surface area contributed by atoms with Gasteiger partial charge in [0.1, 0.15) is 0 Å². The van der Waals surface area contributed by atoms with Crippen molar-refractivity contribution in [3.05, 3.63) is 40.9 Å². The van der Waals surface area contributed by atoms with Crippen LogP contribution in [0.5, 0.6) is 0 Å². The molecule has 3 rings (SSSR count). The molecule has 8 heteroatoms. The number of esters is 1. The quantitative estimate of drug-likeness (QED) is 0.563. The van der Waals surface area contributed by atoms with E-state index in [0.717, 1.165) is 11.3 Å². The zero-order valence-corrected chi connectivity index (χ0v) is 13.3. The van der Waals surface area contributed by atoms with Crippen LogP contribution in [0.1, 0.15) is 22.8 Å². The van der Waals surface area contributed by atoms with Crippen molar-refractivity contribution in [3.63, 3.8) is 0 Å². The molecule has 2 heterocycles. The maximum absolute atomic E-state index is 12.0. The SMILES string of the molecule is CCOC(=O)c1cccc(Nc2nc(Cl)nc3[nH]cnc23)c1C. The number of hydrogen-bond donors (Lipinski definition) is 2. The molecule has 0 aliphatic heterocycles. The second-order valence-electron chi connectivity index (χ2n) is 4.76. The fraction of sp³-hybridized carbons (Fsp3) is 0.200. The van der Waals surface area contributed by atoms with Crippen molar-refractivity contribution in [2.45, 2.75) is 13.8 Å². The standard InChI is InChI=1S/C15H14ClN5O2/c1-3-23-14(22)9-5-4-6-10(8(9)2)19-13-11-12(18-7-17-11)20-15(16)21-13/h4-7H,3H2,1-2H3,(H2,17,18,19,20,21). The predicted octanol–water partition coefficient (Wildman–Crippen LogP) is 3.24. The van der Waals surface area contributed by atoms with Gasteiger partial charge >= 0.3 is 5.97 Å². The number of aromatic amines is 1. The number of nitrogens with one attached hydrogen (secondary N) is 2. The zero-order valence-electron chi connectivity index (χ0n) is 12.6. The second-order valence-corrected chi connectivity index (χ2v) is 5.10. The van der Waals surface area contributed by atoms with Gasteiger partial charge in [0.2, 0.25) is 5.28 Å². The molecule has 0 fully saturated rings. The maximum Gasteiger partial charge on any atom is 0.338 e. The Bertz CT molecular complexity index is 877. The number of anilines is 2. The Hall–Kier alpha value is -2.67. The highest BCUT2D eigenvalue weighted by molar-refractivity contribution is 6.28. The molecule has 0 unspecified atom stereocenters. The summed E-state index contributed by atoms with van der Waals surface area (Å²) in [6.07, 6.45) is 1.52. The smallest absolute Gasteiger partial charge is 0.338 e. The van der Waals surface area contributed by atoms with Crippen LogP contribution in [0.15, 0.2) is 24.5 Å². The van der Waals surface area contributed by atoms with Gasteiger partial charge in [-0.05, 0) is 43.1 Å². The number of fused-ring (bicyclic) bond motifs is 1. The second kappa shape index (κ2) is 6.21. The van der Waals surface area contributed by atoms with E-state index < -0.39 is 0 Å². The van der Waals surface area contributed by atoms with E-state index in [1.807, 2.05) is 13.0 Å². The van der Waals surface area contributed by atoms with E-state index in [0.29, 0.717) is 29.2 Å². The van der Waals surface area contributed by atoms with Crippen LogP contribution in [-0.4, -0.2) is 32.5 Å². The van der Waals surface area contributed by atoms with Crippen molar-refractivity contribution in [2.75, 3.05) is 11.9 Å². The summed E-state index contributed by atoms with van der Waals surface area (Å²) in [7, 11) is 0. The molecule has 0 aliphatic rings. The molecular formula is C15H14ClN5O2. The first-order chi connectivity index (χ1) is 11.1. The van der Waals surface area contributed by atoms with Crippen LogP contribution in [0, 0.1) is 6.92 Å². The normalized spacial score (nSPS) is 10.7. The number of benzene rings is 1. The molecule has 0 amide bonds. The Kier molecular flexibility index (Phi) is 4.12. The van der Waals surface area contributed by atoms with Crippen LogP contribution in [0.4, 0.5) is 11.5 Å². The third kappa shape index (κ3) is 2.95. The van der Waals surface area contributed by atoms with E-state index in [9.17, 15) is 4.79 Å². The number of carbonyl (C=O) groups excluding carboxylic acids is 1. The lowest BCUT2D eigenvalue weighted by atomic mass is 10.1. The fourth-order valence-corrected chi connectivity index (χ4v) is 2.39. The molecule has 0 bridgehead atoms. The van der Waals surface area contributed by atoms with Crippen LogP contribution >= 0.6 is 11.6 Å². The van der Waals surface area contributed by atoms with Gasteiger partial charge in [-0.2, -0.15) is 9.97 Å². The van der Waals surface area contributed by atoms with Gasteiger partial charge in [0, 0.05) is 5.69 Å². The minimum Gasteiger partial charge on any atom is -0.462 e. The molecule has 118 valence electrons. The molecule has 23 heavy (non-hydrogen) atoms. The first kappa shape index (κ1) is 15.2. The maximum atomic E-state index is 12.0. The molecule has 0 radical (unpaired) electrons. The lowest BCUT2D eigenvalue weighted by Gasteiger charge is -2.12. The topological polar surface area (TPSA) is 92.8 Å². The highest BCUT2D eigenvalue weighted by atomic mass is 35.5. The Morgan fingerprint density at radius 2 is 2.22 bits per heavy atom. The van der Waals surface area contributed by atoms with Gasteiger partial charge in [-0.25, -0.2) is 9.78 Å². The van der Waals surface area contributed by atoms with Crippen LogP contribution < -0.4 is 5.32 Å². The van der Waals surface area contributed by atoms with Crippen LogP contribution in [0.3, 0.4) is 0 Å². The third-order valence-electron chi connectivity index (χ3n) is 3.33. The minimum absolute atomic E-state index is 0.100. The molecule has 7 nitrogen and oxygen atoms in total. The Morgan fingerprint density at radius 1 is 1.39 bits per heavy atom. The van der Waals surface area contributed by atoms with Gasteiger partial charge in [-0.1, -0.05) is 6.07 Å². The summed E-state index contributed by atoms with van der Waals surface area (Å²) in [5, 5.41) is 3.25. The first-order valence-corrected chi connectivity index (χ1v) is 7.38. The number of hydrogen-bond acceptors (Lipinski definition) is 6. The van der Waals surface area contributed by atoms with E-state index >= 15 is 0 Å². The average molecular weight is 332 g/mol. The summed E-state index contributed by atoms with van der Waals surface area (Å²) in [5.41, 5.74) is 3.07. The highest BCUT2D eigenvalue weighted by Gasteiger charge is 2.15. The predicted molar refractivity (Wildman–Crippen MR) is 87.1 cm³/mol. The minimum atomic E-state index is -0.362. The van der Waals surface area contributed by atoms with Crippen molar-refractivity contribution in [1.82, 2.24) is 19.9 Å². The highest BCUT2D eigenvalue weighted by Crippen LogP contribution is 2.26. The number of nitrogens with zero attached hydrogens (tertiary/aromatic N) is 3. The zero-order chi connectivity index (χ0) is 16.4. The van der Waals surface area contributed by atoms with E-state index in [4.69, 9.17) is 16.3 Å². The lowest BCUT2D eigenvalue weighted by Crippen LogP contribution is -2.08. The van der Waals surface area contributed by atoms with Crippen molar-refractivity contribution >= 4 is 40.2 Å². The molecule has 0 spiro atoms. The largest absolute Gasteiger partial charge is 0.462 e. The van der Waals surface area contributed by atoms with Crippen LogP contribution in [0.25, 0.3) is 11.2 Å². The third-order valence-corrected chi connectivity index (χ3v) is 3.50. The fourth-order valence-electron chi connectivity index (χ4n) is 2.22. The lowest BCUT2D eigenvalue weighted by molar-refractivity contribution is 0.0525. The van der Waals surface area contributed by atoms with Gasteiger partial charge in [0.15, 0.2) is 17.0 Å². The summed E-state index contributed by atoms with van der Waals surface area (Å²) >= 11 is 5.93. The van der Waals surface area contributed by atoms with E-state index in [1.165, 1.54) is 6.33 Å². The van der Waals surface area contributed by atoms with Crippen LogP contribution in [-0.2, 0) is 4.74 Å². The molecule has 0 saturated carbocycles. The van der Waals surface area contributed by atoms with Gasteiger partial charge in [-0.3, -0.25) is 0 Å².